The van der Waals surface area contributed by atoms with E-state index < -0.39 is 0 Å². The summed E-state index contributed by atoms with van der Waals surface area (Å²) in [6, 6.07) is 13.9. The van der Waals surface area contributed by atoms with Crippen molar-refractivity contribution in [2.75, 3.05) is 18.4 Å². The van der Waals surface area contributed by atoms with Gasteiger partial charge in [-0.2, -0.15) is 9.61 Å². The molecular formula is C26H24BrN7O. The van der Waals surface area contributed by atoms with Crippen molar-refractivity contribution in [3.8, 4) is 0 Å². The van der Waals surface area contributed by atoms with E-state index in [2.05, 4.69) is 42.4 Å². The van der Waals surface area contributed by atoms with Crippen LogP contribution in [-0.2, 0) is 6.54 Å². The molecule has 35 heavy (non-hydrogen) atoms. The van der Waals surface area contributed by atoms with Gasteiger partial charge in [-0.3, -0.25) is 9.78 Å². The number of H-pyrrole nitrogens is 1. The number of carbonyl (C=O) groups is 1. The fourth-order valence-corrected chi connectivity index (χ4v) is 5.11. The zero-order valence-electron chi connectivity index (χ0n) is 19.0. The molecule has 5 heterocycles. The first-order valence-corrected chi connectivity index (χ1v) is 12.5. The number of carbonyl (C=O) groups excluding carboxylic acids is 1. The zero-order valence-corrected chi connectivity index (χ0v) is 20.6. The van der Waals surface area contributed by atoms with Gasteiger partial charge in [0.1, 0.15) is 5.82 Å². The van der Waals surface area contributed by atoms with Gasteiger partial charge in [0.15, 0.2) is 5.65 Å². The number of aromatic amines is 1. The van der Waals surface area contributed by atoms with Crippen molar-refractivity contribution in [1.29, 1.82) is 0 Å². The van der Waals surface area contributed by atoms with E-state index in [0.717, 1.165) is 63.0 Å². The highest BCUT2D eigenvalue weighted by molar-refractivity contribution is 9.10. The standard InChI is InChI=1S/C26H24BrN7O/c27-21-15-31-34-24(30-14-17-3-1-8-28-13-17)12-23(32-25(21)34)20-4-2-10-33(16-20)26(35)19-5-6-22-18(11-19)7-9-29-22/h1,3,5-9,11-13,15,20,29-30H,2,4,10,14,16H2. The number of benzene rings is 1. The normalized spacial score (nSPS) is 16.1. The number of fused-ring (bicyclic) bond motifs is 2. The monoisotopic (exact) mass is 529 g/mol. The number of likely N-dealkylation sites (tertiary alicyclic amines) is 1. The van der Waals surface area contributed by atoms with Gasteiger partial charge in [-0.1, -0.05) is 6.07 Å². The van der Waals surface area contributed by atoms with Gasteiger partial charge in [0.2, 0.25) is 0 Å². The molecule has 1 unspecified atom stereocenters. The fourth-order valence-electron chi connectivity index (χ4n) is 4.76. The van der Waals surface area contributed by atoms with Gasteiger partial charge in [0.05, 0.1) is 16.4 Å². The number of anilines is 1. The fraction of sp³-hybridized carbons (Fsp3) is 0.231. The largest absolute Gasteiger partial charge is 0.366 e. The Balaban J connectivity index is 1.27. The first-order valence-electron chi connectivity index (χ1n) is 11.7. The highest BCUT2D eigenvalue weighted by Gasteiger charge is 2.27. The predicted octanol–water partition coefficient (Wildman–Crippen LogP) is 5.00. The maximum absolute atomic E-state index is 13.3. The van der Waals surface area contributed by atoms with Gasteiger partial charge in [-0.05, 0) is 64.7 Å². The van der Waals surface area contributed by atoms with Crippen molar-refractivity contribution in [3.63, 3.8) is 0 Å². The van der Waals surface area contributed by atoms with E-state index in [4.69, 9.17) is 4.98 Å². The zero-order chi connectivity index (χ0) is 23.8. The van der Waals surface area contributed by atoms with Crippen LogP contribution in [0, 0.1) is 0 Å². The molecule has 0 saturated carbocycles. The Morgan fingerprint density at radius 3 is 3.03 bits per heavy atom. The number of hydrogen-bond donors (Lipinski definition) is 2. The number of piperidine rings is 1. The Labute approximate surface area is 210 Å². The van der Waals surface area contributed by atoms with Crippen LogP contribution in [-0.4, -0.2) is 48.5 Å². The molecule has 1 aliphatic rings. The summed E-state index contributed by atoms with van der Waals surface area (Å²) in [5, 5.41) is 9.02. The molecule has 0 bridgehead atoms. The number of rotatable bonds is 5. The summed E-state index contributed by atoms with van der Waals surface area (Å²) in [7, 11) is 0. The maximum atomic E-state index is 13.3. The van der Waals surface area contributed by atoms with Crippen molar-refractivity contribution < 1.29 is 4.79 Å². The van der Waals surface area contributed by atoms with Crippen molar-refractivity contribution in [2.24, 2.45) is 0 Å². The summed E-state index contributed by atoms with van der Waals surface area (Å²) in [6.45, 7) is 2.02. The van der Waals surface area contributed by atoms with E-state index in [1.54, 1.807) is 12.4 Å². The topological polar surface area (TPSA) is 91.2 Å². The molecule has 8 nitrogen and oxygen atoms in total. The van der Waals surface area contributed by atoms with E-state index in [9.17, 15) is 4.79 Å². The van der Waals surface area contributed by atoms with Gasteiger partial charge in [0, 0.05) is 66.7 Å². The van der Waals surface area contributed by atoms with Crippen molar-refractivity contribution in [1.82, 2.24) is 29.5 Å². The van der Waals surface area contributed by atoms with Crippen molar-refractivity contribution in [2.45, 2.75) is 25.3 Å². The third-order valence-corrected chi connectivity index (χ3v) is 7.13. The quantitative estimate of drug-likeness (QED) is 0.334. The minimum Gasteiger partial charge on any atom is -0.366 e. The van der Waals surface area contributed by atoms with Crippen LogP contribution in [0.1, 0.15) is 40.4 Å². The highest BCUT2D eigenvalue weighted by Crippen LogP contribution is 2.30. The number of halogens is 1. The van der Waals surface area contributed by atoms with E-state index in [-0.39, 0.29) is 11.8 Å². The molecule has 0 aliphatic carbocycles. The lowest BCUT2D eigenvalue weighted by Gasteiger charge is -2.33. The third-order valence-electron chi connectivity index (χ3n) is 6.57. The van der Waals surface area contributed by atoms with Crippen LogP contribution in [0.15, 0.2) is 71.7 Å². The van der Waals surface area contributed by atoms with Gasteiger partial charge >= 0.3 is 0 Å². The van der Waals surface area contributed by atoms with Crippen LogP contribution < -0.4 is 5.32 Å². The summed E-state index contributed by atoms with van der Waals surface area (Å²) in [4.78, 5) is 27.6. The predicted molar refractivity (Wildman–Crippen MR) is 138 cm³/mol. The molecule has 1 atom stereocenters. The molecule has 4 aromatic heterocycles. The Hall–Kier alpha value is -3.72. The van der Waals surface area contributed by atoms with Crippen LogP contribution in [0.4, 0.5) is 5.82 Å². The minimum atomic E-state index is 0.0688. The molecule has 0 spiro atoms. The maximum Gasteiger partial charge on any atom is 0.253 e. The number of nitrogens with one attached hydrogen (secondary N) is 2. The van der Waals surface area contributed by atoms with Crippen LogP contribution in [0.3, 0.4) is 0 Å². The smallest absolute Gasteiger partial charge is 0.253 e. The van der Waals surface area contributed by atoms with Gasteiger partial charge < -0.3 is 15.2 Å². The average Bonchev–Trinajstić information content (AvgIpc) is 3.53. The summed E-state index contributed by atoms with van der Waals surface area (Å²) in [6.07, 6.45) is 9.19. The lowest BCUT2D eigenvalue weighted by molar-refractivity contribution is 0.0706. The lowest BCUT2D eigenvalue weighted by atomic mass is 9.93. The molecule has 176 valence electrons. The van der Waals surface area contributed by atoms with E-state index >= 15 is 0 Å². The second-order valence-corrected chi connectivity index (χ2v) is 9.73. The SMILES string of the molecule is O=C(c1ccc2[nH]ccc2c1)N1CCCC(c2cc(NCc3cccnc3)n3ncc(Br)c3n2)C1. The van der Waals surface area contributed by atoms with Crippen LogP contribution in [0.2, 0.25) is 0 Å². The molecule has 6 rings (SSSR count). The average molecular weight is 530 g/mol. The van der Waals surface area contributed by atoms with Crippen molar-refractivity contribution >= 4 is 44.2 Å². The van der Waals surface area contributed by atoms with E-state index in [1.165, 1.54) is 0 Å². The summed E-state index contributed by atoms with van der Waals surface area (Å²) in [5.41, 5.74) is 4.56. The van der Waals surface area contributed by atoms with E-state index in [1.807, 2.05) is 58.2 Å². The van der Waals surface area contributed by atoms with Gasteiger partial charge in [-0.25, -0.2) is 4.98 Å². The van der Waals surface area contributed by atoms with Crippen LogP contribution in [0.5, 0.6) is 0 Å². The highest BCUT2D eigenvalue weighted by atomic mass is 79.9. The Bertz CT molecular complexity index is 1510. The van der Waals surface area contributed by atoms with Crippen LogP contribution in [0.25, 0.3) is 16.6 Å². The summed E-state index contributed by atoms with van der Waals surface area (Å²) >= 11 is 3.59. The molecular weight excluding hydrogens is 506 g/mol. The third kappa shape index (κ3) is 4.27. The Morgan fingerprint density at radius 2 is 2.14 bits per heavy atom. The van der Waals surface area contributed by atoms with Crippen LogP contribution >= 0.6 is 15.9 Å². The molecule has 1 saturated heterocycles. The molecule has 9 heteroatoms. The van der Waals surface area contributed by atoms with Gasteiger partial charge in [0.25, 0.3) is 5.91 Å². The molecule has 0 radical (unpaired) electrons. The molecule has 2 N–H and O–H groups in total. The number of aromatic nitrogens is 5. The molecule has 1 aromatic carbocycles. The first kappa shape index (κ1) is 21.8. The minimum absolute atomic E-state index is 0.0688. The van der Waals surface area contributed by atoms with E-state index in [0.29, 0.717) is 13.1 Å². The molecule has 1 amide bonds. The number of amides is 1. The number of nitrogens with zero attached hydrogens (tertiary/aromatic N) is 5. The molecule has 1 aliphatic heterocycles. The Morgan fingerprint density at radius 1 is 1.20 bits per heavy atom. The van der Waals surface area contributed by atoms with Gasteiger partial charge in [-0.15, -0.1) is 0 Å². The molecule has 5 aromatic rings. The second-order valence-electron chi connectivity index (χ2n) is 8.88. The second kappa shape index (κ2) is 9.14. The Kier molecular flexibility index (Phi) is 5.69. The lowest BCUT2D eigenvalue weighted by Crippen LogP contribution is -2.39. The summed E-state index contributed by atoms with van der Waals surface area (Å²) in [5.74, 6) is 1.08. The number of hydrogen-bond acceptors (Lipinski definition) is 5. The van der Waals surface area contributed by atoms with Crippen molar-refractivity contribution in [3.05, 3.63) is 88.5 Å². The first-order chi connectivity index (χ1) is 17.2. The summed E-state index contributed by atoms with van der Waals surface area (Å²) < 4.78 is 2.65. The molecule has 1 fully saturated rings. The number of pyridine rings is 1.